The van der Waals surface area contributed by atoms with Crippen LogP contribution in [0.5, 0.6) is 17.2 Å². The maximum Gasteiger partial charge on any atom is 0.267 e. The zero-order valence-corrected chi connectivity index (χ0v) is 22.3. The number of nitrogens with one attached hydrogen (secondary N) is 1. The van der Waals surface area contributed by atoms with Gasteiger partial charge >= 0.3 is 0 Å². The largest absolute Gasteiger partial charge is 0.495 e. The summed E-state index contributed by atoms with van der Waals surface area (Å²) in [6.07, 6.45) is 1.85. The third-order valence-corrected chi connectivity index (χ3v) is 7.46. The van der Waals surface area contributed by atoms with E-state index in [0.717, 1.165) is 16.5 Å². The standard InChI is InChI=1S/C26H24N2O6S.C2H6/c1-16-8-11-24(23(12-16)32-3)35(30,31)27-26(29)25(17-9-10-21-22(13-17)34-15-33-21)19-14-28(2)20-7-5-4-6-18(19)20;1-2/h4-14,25H,15H2,1-3H3,(H,27,29);1-2H3. The molecule has 0 saturated carbocycles. The first kappa shape index (κ1) is 26.1. The van der Waals surface area contributed by atoms with Gasteiger partial charge in [0.1, 0.15) is 10.6 Å². The van der Waals surface area contributed by atoms with E-state index in [0.29, 0.717) is 22.6 Å². The molecule has 0 fully saturated rings. The Morgan fingerprint density at radius 2 is 1.76 bits per heavy atom. The molecule has 4 aromatic rings. The molecule has 1 aromatic heterocycles. The molecule has 37 heavy (non-hydrogen) atoms. The number of para-hydroxylation sites is 1. The van der Waals surface area contributed by atoms with Crippen LogP contribution < -0.4 is 18.9 Å². The van der Waals surface area contributed by atoms with E-state index >= 15 is 0 Å². The topological polar surface area (TPSA) is 95.9 Å². The van der Waals surface area contributed by atoms with Crippen molar-refractivity contribution in [3.63, 3.8) is 0 Å². The second-order valence-corrected chi connectivity index (χ2v) is 10.0. The molecule has 0 radical (unpaired) electrons. The predicted molar refractivity (Wildman–Crippen MR) is 142 cm³/mol. The van der Waals surface area contributed by atoms with Crippen molar-refractivity contribution >= 4 is 26.8 Å². The van der Waals surface area contributed by atoms with Crippen LogP contribution in [0.25, 0.3) is 10.9 Å². The fraction of sp³-hybridized carbons (Fsp3) is 0.250. The summed E-state index contributed by atoms with van der Waals surface area (Å²) in [5.41, 5.74) is 3.00. The zero-order chi connectivity index (χ0) is 26.7. The summed E-state index contributed by atoms with van der Waals surface area (Å²) in [5.74, 6) is -0.383. The first-order chi connectivity index (χ1) is 17.8. The number of amides is 1. The van der Waals surface area contributed by atoms with Crippen molar-refractivity contribution in [2.45, 2.75) is 31.6 Å². The summed E-state index contributed by atoms with van der Waals surface area (Å²) in [6, 6.07) is 17.5. The van der Waals surface area contributed by atoms with E-state index in [4.69, 9.17) is 14.2 Å². The van der Waals surface area contributed by atoms with Gasteiger partial charge in [0, 0.05) is 24.1 Å². The van der Waals surface area contributed by atoms with E-state index in [-0.39, 0.29) is 17.4 Å². The summed E-state index contributed by atoms with van der Waals surface area (Å²) in [5, 5.41) is 0.845. The predicted octanol–water partition coefficient (Wildman–Crippen LogP) is 4.89. The molecule has 0 aliphatic carbocycles. The van der Waals surface area contributed by atoms with Crippen LogP contribution in [0.15, 0.2) is 71.8 Å². The molecule has 1 aliphatic heterocycles. The van der Waals surface area contributed by atoms with E-state index in [9.17, 15) is 13.2 Å². The summed E-state index contributed by atoms with van der Waals surface area (Å²) in [7, 11) is -0.952. The van der Waals surface area contributed by atoms with Crippen molar-refractivity contribution in [1.29, 1.82) is 0 Å². The number of aryl methyl sites for hydroxylation is 2. The molecular weight excluding hydrogens is 492 g/mol. The number of benzene rings is 3. The minimum atomic E-state index is -4.23. The first-order valence-corrected chi connectivity index (χ1v) is 13.4. The van der Waals surface area contributed by atoms with Crippen LogP contribution in [-0.2, 0) is 21.9 Å². The average Bonchev–Trinajstić information content (AvgIpc) is 3.49. The second-order valence-electron chi connectivity index (χ2n) is 8.38. The quantitative estimate of drug-likeness (QED) is 0.388. The number of aromatic nitrogens is 1. The van der Waals surface area contributed by atoms with Gasteiger partial charge < -0.3 is 18.8 Å². The minimum Gasteiger partial charge on any atom is -0.495 e. The van der Waals surface area contributed by atoms with Crippen molar-refractivity contribution in [2.75, 3.05) is 13.9 Å². The van der Waals surface area contributed by atoms with Gasteiger partial charge in [0.2, 0.25) is 12.7 Å². The smallest absolute Gasteiger partial charge is 0.267 e. The summed E-state index contributed by atoms with van der Waals surface area (Å²) in [4.78, 5) is 13.6. The molecule has 0 saturated heterocycles. The Morgan fingerprint density at radius 3 is 2.51 bits per heavy atom. The van der Waals surface area contributed by atoms with Gasteiger partial charge in [-0.3, -0.25) is 4.79 Å². The third kappa shape index (κ3) is 4.99. The van der Waals surface area contributed by atoms with Gasteiger partial charge in [-0.2, -0.15) is 0 Å². The Labute approximate surface area is 216 Å². The molecular formula is C28H30N2O6S. The number of carbonyl (C=O) groups excluding carboxylic acids is 1. The molecule has 2 heterocycles. The fourth-order valence-corrected chi connectivity index (χ4v) is 5.56. The van der Waals surface area contributed by atoms with Crippen LogP contribution >= 0.6 is 0 Å². The Morgan fingerprint density at radius 1 is 1.03 bits per heavy atom. The fourth-order valence-electron chi connectivity index (χ4n) is 4.41. The van der Waals surface area contributed by atoms with Gasteiger partial charge in [-0.05, 0) is 53.9 Å². The number of ether oxygens (including phenoxy) is 3. The molecule has 0 spiro atoms. The van der Waals surface area contributed by atoms with Crippen LogP contribution in [-0.4, -0.2) is 32.8 Å². The maximum absolute atomic E-state index is 13.7. The van der Waals surface area contributed by atoms with Crippen molar-refractivity contribution < 1.29 is 27.4 Å². The molecule has 1 atom stereocenters. The summed E-state index contributed by atoms with van der Waals surface area (Å²) < 4.78 is 47.0. The molecule has 0 bridgehead atoms. The number of carbonyl (C=O) groups is 1. The lowest BCUT2D eigenvalue weighted by Crippen LogP contribution is -2.35. The summed E-state index contributed by atoms with van der Waals surface area (Å²) in [6.45, 7) is 5.92. The number of nitrogens with zero attached hydrogens (tertiary/aromatic N) is 1. The number of hydrogen-bond acceptors (Lipinski definition) is 6. The number of sulfonamides is 1. The van der Waals surface area contributed by atoms with Crippen molar-refractivity contribution in [2.24, 2.45) is 7.05 Å². The number of methoxy groups -OCH3 is 1. The van der Waals surface area contributed by atoms with Gasteiger partial charge in [0.15, 0.2) is 11.5 Å². The molecule has 9 heteroatoms. The molecule has 1 amide bonds. The number of fused-ring (bicyclic) bond motifs is 2. The molecule has 3 aromatic carbocycles. The highest BCUT2D eigenvalue weighted by Gasteiger charge is 2.32. The minimum absolute atomic E-state index is 0.0888. The molecule has 1 unspecified atom stereocenters. The molecule has 1 aliphatic rings. The normalized spacial score (nSPS) is 13.0. The second kappa shape index (κ2) is 10.6. The van der Waals surface area contributed by atoms with Gasteiger partial charge in [-0.1, -0.05) is 44.2 Å². The summed E-state index contributed by atoms with van der Waals surface area (Å²) >= 11 is 0. The van der Waals surface area contributed by atoms with Crippen LogP contribution in [0.3, 0.4) is 0 Å². The molecule has 8 nitrogen and oxygen atoms in total. The first-order valence-electron chi connectivity index (χ1n) is 11.9. The SMILES string of the molecule is CC.COc1cc(C)ccc1S(=O)(=O)NC(=O)C(c1ccc2c(c1)OCO2)c1cn(C)c2ccccc12. The van der Waals surface area contributed by atoms with Gasteiger partial charge in [-0.25, -0.2) is 13.1 Å². The number of rotatable bonds is 6. The Hall–Kier alpha value is -3.98. The van der Waals surface area contributed by atoms with Crippen LogP contribution in [0.1, 0.15) is 36.5 Å². The van der Waals surface area contributed by atoms with Crippen LogP contribution in [0.2, 0.25) is 0 Å². The molecule has 194 valence electrons. The lowest BCUT2D eigenvalue weighted by molar-refractivity contribution is -0.119. The highest BCUT2D eigenvalue weighted by molar-refractivity contribution is 7.90. The van der Waals surface area contributed by atoms with E-state index in [1.807, 2.05) is 62.8 Å². The zero-order valence-electron chi connectivity index (χ0n) is 21.4. The van der Waals surface area contributed by atoms with Crippen molar-refractivity contribution in [3.8, 4) is 17.2 Å². The highest BCUT2D eigenvalue weighted by atomic mass is 32.2. The van der Waals surface area contributed by atoms with E-state index in [2.05, 4.69) is 4.72 Å². The maximum atomic E-state index is 13.7. The van der Waals surface area contributed by atoms with Crippen LogP contribution in [0, 0.1) is 6.92 Å². The molecule has 1 N–H and O–H groups in total. The average molecular weight is 523 g/mol. The van der Waals surface area contributed by atoms with E-state index in [1.165, 1.54) is 13.2 Å². The van der Waals surface area contributed by atoms with E-state index < -0.39 is 21.8 Å². The Bertz CT molecular complexity index is 1560. The van der Waals surface area contributed by atoms with Gasteiger partial charge in [0.05, 0.1) is 13.0 Å². The third-order valence-electron chi connectivity index (χ3n) is 6.07. The monoisotopic (exact) mass is 522 g/mol. The lowest BCUT2D eigenvalue weighted by atomic mass is 9.90. The molecule has 5 rings (SSSR count). The van der Waals surface area contributed by atoms with E-state index in [1.54, 1.807) is 30.3 Å². The highest BCUT2D eigenvalue weighted by Crippen LogP contribution is 2.39. The number of hydrogen-bond donors (Lipinski definition) is 1. The van der Waals surface area contributed by atoms with Crippen LogP contribution in [0.4, 0.5) is 0 Å². The van der Waals surface area contributed by atoms with Crippen molar-refractivity contribution in [3.05, 3.63) is 83.6 Å². The van der Waals surface area contributed by atoms with Gasteiger partial charge in [0.25, 0.3) is 10.0 Å². The van der Waals surface area contributed by atoms with Crippen molar-refractivity contribution in [1.82, 2.24) is 9.29 Å². The Kier molecular flexibility index (Phi) is 7.45. The Balaban J connectivity index is 0.00000156. The van der Waals surface area contributed by atoms with Gasteiger partial charge in [-0.15, -0.1) is 0 Å². The lowest BCUT2D eigenvalue weighted by Gasteiger charge is -2.18.